The van der Waals surface area contributed by atoms with Gasteiger partial charge in [0.1, 0.15) is 0 Å². The monoisotopic (exact) mass is 383 g/mol. The third-order valence-corrected chi connectivity index (χ3v) is 4.32. The minimum atomic E-state index is -0.230. The van der Waals surface area contributed by atoms with Crippen LogP contribution in [0.4, 0.5) is 5.69 Å². The standard InChI is InChI=1S/C16H22BrN3O3/c1-20(16(22)10-18-9-12-5-4-8-23-12)11-15(21)19-14-7-3-2-6-13(14)17/h2-3,6-7,12,18H,4-5,8-11H2,1H3,(H,19,21). The summed E-state index contributed by atoms with van der Waals surface area (Å²) in [5, 5.41) is 5.86. The van der Waals surface area contributed by atoms with Gasteiger partial charge in [0.05, 0.1) is 24.9 Å². The van der Waals surface area contributed by atoms with Crippen LogP contribution in [0.1, 0.15) is 12.8 Å². The van der Waals surface area contributed by atoms with Gasteiger partial charge in [0.15, 0.2) is 0 Å². The number of para-hydroxylation sites is 1. The van der Waals surface area contributed by atoms with Gasteiger partial charge in [-0.3, -0.25) is 9.59 Å². The van der Waals surface area contributed by atoms with E-state index in [0.717, 1.165) is 23.9 Å². The molecule has 23 heavy (non-hydrogen) atoms. The number of anilines is 1. The number of hydrogen-bond donors (Lipinski definition) is 2. The predicted molar refractivity (Wildman–Crippen MR) is 92.3 cm³/mol. The van der Waals surface area contributed by atoms with E-state index in [1.807, 2.05) is 18.2 Å². The molecule has 1 unspecified atom stereocenters. The second-order valence-electron chi connectivity index (χ2n) is 5.54. The molecule has 0 aliphatic carbocycles. The van der Waals surface area contributed by atoms with E-state index >= 15 is 0 Å². The van der Waals surface area contributed by atoms with Crippen LogP contribution in [-0.4, -0.2) is 56.1 Å². The summed E-state index contributed by atoms with van der Waals surface area (Å²) in [6.07, 6.45) is 2.31. The summed E-state index contributed by atoms with van der Waals surface area (Å²) in [5.41, 5.74) is 0.690. The summed E-state index contributed by atoms with van der Waals surface area (Å²) in [6.45, 7) is 1.69. The first kappa shape index (κ1) is 17.9. The molecule has 1 aliphatic heterocycles. The smallest absolute Gasteiger partial charge is 0.244 e. The number of nitrogens with zero attached hydrogens (tertiary/aromatic N) is 1. The number of nitrogens with one attached hydrogen (secondary N) is 2. The molecule has 1 fully saturated rings. The average molecular weight is 384 g/mol. The zero-order valence-electron chi connectivity index (χ0n) is 13.2. The number of ether oxygens (including phenoxy) is 1. The molecule has 1 atom stereocenters. The Labute approximate surface area is 144 Å². The molecule has 6 nitrogen and oxygen atoms in total. The molecule has 2 amide bonds. The van der Waals surface area contributed by atoms with Crippen molar-refractivity contribution < 1.29 is 14.3 Å². The molecule has 0 spiro atoms. The third kappa shape index (κ3) is 5.93. The first-order valence-corrected chi connectivity index (χ1v) is 8.46. The summed E-state index contributed by atoms with van der Waals surface area (Å²) in [7, 11) is 1.62. The third-order valence-electron chi connectivity index (χ3n) is 3.63. The van der Waals surface area contributed by atoms with Crippen molar-refractivity contribution in [3.8, 4) is 0 Å². The van der Waals surface area contributed by atoms with Crippen LogP contribution in [0.2, 0.25) is 0 Å². The first-order valence-electron chi connectivity index (χ1n) is 7.67. The SMILES string of the molecule is CN(CC(=O)Nc1ccccc1Br)C(=O)CNCC1CCCO1. The Morgan fingerprint density at radius 3 is 2.87 bits per heavy atom. The highest BCUT2D eigenvalue weighted by Crippen LogP contribution is 2.20. The number of halogens is 1. The van der Waals surface area contributed by atoms with Crippen LogP contribution >= 0.6 is 15.9 Å². The van der Waals surface area contributed by atoms with E-state index in [0.29, 0.717) is 12.2 Å². The molecule has 1 aliphatic rings. The van der Waals surface area contributed by atoms with Crippen LogP contribution < -0.4 is 10.6 Å². The quantitative estimate of drug-likeness (QED) is 0.750. The van der Waals surface area contributed by atoms with Crippen molar-refractivity contribution in [2.24, 2.45) is 0 Å². The fourth-order valence-corrected chi connectivity index (χ4v) is 2.72. The topological polar surface area (TPSA) is 70.7 Å². The second kappa shape index (κ2) is 9.00. The normalized spacial score (nSPS) is 17.0. The van der Waals surface area contributed by atoms with E-state index in [9.17, 15) is 9.59 Å². The largest absolute Gasteiger partial charge is 0.377 e. The van der Waals surface area contributed by atoms with Gasteiger partial charge in [0.25, 0.3) is 0 Å². The molecule has 0 saturated carbocycles. The summed E-state index contributed by atoms with van der Waals surface area (Å²) in [5.74, 6) is -0.350. The maximum atomic E-state index is 12.0. The Hall–Kier alpha value is -1.44. The molecule has 1 aromatic rings. The summed E-state index contributed by atoms with van der Waals surface area (Å²) < 4.78 is 6.29. The summed E-state index contributed by atoms with van der Waals surface area (Å²) in [6, 6.07) is 7.35. The zero-order valence-corrected chi connectivity index (χ0v) is 14.8. The zero-order chi connectivity index (χ0) is 16.7. The molecule has 7 heteroatoms. The van der Waals surface area contributed by atoms with E-state index in [4.69, 9.17) is 4.74 Å². The number of hydrogen-bond acceptors (Lipinski definition) is 4. The highest BCUT2D eigenvalue weighted by molar-refractivity contribution is 9.10. The van der Waals surface area contributed by atoms with Crippen molar-refractivity contribution in [1.29, 1.82) is 0 Å². The average Bonchev–Trinajstić information content (AvgIpc) is 3.02. The summed E-state index contributed by atoms with van der Waals surface area (Å²) in [4.78, 5) is 25.4. The highest BCUT2D eigenvalue weighted by Gasteiger charge is 2.17. The lowest BCUT2D eigenvalue weighted by Crippen LogP contribution is -2.41. The maximum absolute atomic E-state index is 12.0. The first-order chi connectivity index (χ1) is 11.1. The molecular formula is C16H22BrN3O3. The van der Waals surface area contributed by atoms with Gasteiger partial charge in [-0.05, 0) is 40.9 Å². The Morgan fingerprint density at radius 1 is 1.39 bits per heavy atom. The number of likely N-dealkylation sites (N-methyl/N-ethyl adjacent to an activating group) is 1. The fraction of sp³-hybridized carbons (Fsp3) is 0.500. The van der Waals surface area contributed by atoms with Crippen molar-refractivity contribution >= 4 is 33.4 Å². The van der Waals surface area contributed by atoms with Crippen LogP contribution in [-0.2, 0) is 14.3 Å². The van der Waals surface area contributed by atoms with Crippen molar-refractivity contribution in [2.45, 2.75) is 18.9 Å². The molecule has 0 aromatic heterocycles. The molecule has 126 valence electrons. The highest BCUT2D eigenvalue weighted by atomic mass is 79.9. The van der Waals surface area contributed by atoms with E-state index in [1.54, 1.807) is 13.1 Å². The summed E-state index contributed by atoms with van der Waals surface area (Å²) >= 11 is 3.37. The van der Waals surface area contributed by atoms with Gasteiger partial charge in [0.2, 0.25) is 11.8 Å². The predicted octanol–water partition coefficient (Wildman–Crippen LogP) is 1.61. The van der Waals surface area contributed by atoms with Crippen LogP contribution in [0.15, 0.2) is 28.7 Å². The minimum absolute atomic E-state index is 0.0157. The number of rotatable bonds is 7. The van der Waals surface area contributed by atoms with Gasteiger partial charge >= 0.3 is 0 Å². The van der Waals surface area contributed by atoms with E-state index < -0.39 is 0 Å². The Bertz CT molecular complexity index is 547. The van der Waals surface area contributed by atoms with Crippen LogP contribution in [0, 0.1) is 0 Å². The van der Waals surface area contributed by atoms with Crippen LogP contribution in [0.25, 0.3) is 0 Å². The minimum Gasteiger partial charge on any atom is -0.377 e. The van der Waals surface area contributed by atoms with E-state index in [2.05, 4.69) is 26.6 Å². The molecular weight excluding hydrogens is 362 g/mol. The lowest BCUT2D eigenvalue weighted by atomic mass is 10.2. The van der Waals surface area contributed by atoms with Crippen molar-refractivity contribution in [1.82, 2.24) is 10.2 Å². The molecule has 1 aromatic carbocycles. The van der Waals surface area contributed by atoms with Crippen molar-refractivity contribution in [2.75, 3.05) is 38.6 Å². The van der Waals surface area contributed by atoms with E-state index in [1.165, 1.54) is 4.90 Å². The van der Waals surface area contributed by atoms with Gasteiger partial charge in [-0.1, -0.05) is 12.1 Å². The maximum Gasteiger partial charge on any atom is 0.244 e. The Morgan fingerprint density at radius 2 is 2.17 bits per heavy atom. The number of carbonyl (C=O) groups excluding carboxylic acids is 2. The van der Waals surface area contributed by atoms with Crippen LogP contribution in [0.5, 0.6) is 0 Å². The lowest BCUT2D eigenvalue weighted by molar-refractivity contribution is -0.132. The molecule has 0 bridgehead atoms. The Balaban J connectivity index is 1.70. The Kier molecular flexibility index (Phi) is 7.01. The molecule has 2 N–H and O–H groups in total. The van der Waals surface area contributed by atoms with Gasteiger partial charge in [-0.25, -0.2) is 0 Å². The number of carbonyl (C=O) groups is 2. The van der Waals surface area contributed by atoms with Gasteiger partial charge < -0.3 is 20.3 Å². The molecule has 2 rings (SSSR count). The van der Waals surface area contributed by atoms with Crippen molar-refractivity contribution in [3.63, 3.8) is 0 Å². The molecule has 0 radical (unpaired) electrons. The van der Waals surface area contributed by atoms with E-state index in [-0.39, 0.29) is 31.0 Å². The van der Waals surface area contributed by atoms with Crippen LogP contribution in [0.3, 0.4) is 0 Å². The fourth-order valence-electron chi connectivity index (χ4n) is 2.34. The van der Waals surface area contributed by atoms with Gasteiger partial charge in [-0.15, -0.1) is 0 Å². The van der Waals surface area contributed by atoms with Gasteiger partial charge in [0, 0.05) is 24.7 Å². The van der Waals surface area contributed by atoms with Gasteiger partial charge in [-0.2, -0.15) is 0 Å². The molecule has 1 heterocycles. The lowest BCUT2D eigenvalue weighted by Gasteiger charge is -2.18. The molecule has 1 saturated heterocycles. The number of benzene rings is 1. The second-order valence-corrected chi connectivity index (χ2v) is 6.40. The van der Waals surface area contributed by atoms with Crippen molar-refractivity contribution in [3.05, 3.63) is 28.7 Å². The number of amides is 2.